The van der Waals surface area contributed by atoms with Gasteiger partial charge >= 0.3 is 0 Å². The van der Waals surface area contributed by atoms with Crippen LogP contribution in [0.5, 0.6) is 11.5 Å². The van der Waals surface area contributed by atoms with E-state index in [4.69, 9.17) is 14.5 Å². The molecule has 1 N–H and O–H groups in total. The molecule has 2 heterocycles. The first-order valence-electron chi connectivity index (χ1n) is 11.6. The molecule has 1 unspecified atom stereocenters. The Bertz CT molecular complexity index is 1460. The average Bonchev–Trinajstić information content (AvgIpc) is 3.50. The Morgan fingerprint density at radius 2 is 1.72 bits per heavy atom. The summed E-state index contributed by atoms with van der Waals surface area (Å²) in [6, 6.07) is 24.5. The lowest BCUT2D eigenvalue weighted by Gasteiger charge is -2.20. The molecule has 0 aliphatic carbocycles. The standard InChI is InChI=1S/C28H27N5O3/c1-32-17-16-29-28(32)27(20-12-14-21(35-2)15-13-20)31-26(34)18-33-24-11-7-6-10-23(24)30-25(33)19-36-22-8-4-3-5-9-22/h3-17,27H,18-19H2,1-2H3,(H,31,34). The van der Waals surface area contributed by atoms with E-state index in [2.05, 4.69) is 10.3 Å². The van der Waals surface area contributed by atoms with E-state index < -0.39 is 6.04 Å². The van der Waals surface area contributed by atoms with Crippen molar-refractivity contribution in [2.45, 2.75) is 19.2 Å². The van der Waals surface area contributed by atoms with Crippen molar-refractivity contribution in [1.82, 2.24) is 24.4 Å². The van der Waals surface area contributed by atoms with E-state index >= 15 is 0 Å². The number of aromatic nitrogens is 4. The van der Waals surface area contributed by atoms with Gasteiger partial charge in [0.25, 0.3) is 0 Å². The van der Waals surface area contributed by atoms with Crippen LogP contribution in [0.2, 0.25) is 0 Å². The number of nitrogens with zero attached hydrogens (tertiary/aromatic N) is 4. The lowest BCUT2D eigenvalue weighted by atomic mass is 10.1. The number of hydrogen-bond acceptors (Lipinski definition) is 5. The first kappa shape index (κ1) is 23.2. The molecular formula is C28H27N5O3. The Hall–Kier alpha value is -4.59. The van der Waals surface area contributed by atoms with Crippen molar-refractivity contribution in [3.05, 3.63) is 108 Å². The quantitative estimate of drug-likeness (QED) is 0.340. The molecule has 0 radical (unpaired) electrons. The van der Waals surface area contributed by atoms with Gasteiger partial charge in [-0.25, -0.2) is 9.97 Å². The van der Waals surface area contributed by atoms with Crippen molar-refractivity contribution in [1.29, 1.82) is 0 Å². The van der Waals surface area contributed by atoms with Crippen LogP contribution in [-0.2, 0) is 25.0 Å². The lowest BCUT2D eigenvalue weighted by Crippen LogP contribution is -2.34. The third-order valence-electron chi connectivity index (χ3n) is 6.02. The van der Waals surface area contributed by atoms with Crippen LogP contribution in [0.25, 0.3) is 11.0 Å². The lowest BCUT2D eigenvalue weighted by molar-refractivity contribution is -0.122. The zero-order valence-corrected chi connectivity index (χ0v) is 20.2. The molecule has 0 fully saturated rings. The number of hydrogen-bond donors (Lipinski definition) is 1. The van der Waals surface area contributed by atoms with Crippen LogP contribution in [0.1, 0.15) is 23.3 Å². The zero-order valence-electron chi connectivity index (χ0n) is 20.2. The second-order valence-electron chi connectivity index (χ2n) is 8.37. The summed E-state index contributed by atoms with van der Waals surface area (Å²) in [5.41, 5.74) is 2.59. The van der Waals surface area contributed by atoms with Gasteiger partial charge in [-0.05, 0) is 42.0 Å². The van der Waals surface area contributed by atoms with Crippen LogP contribution in [0.15, 0.2) is 91.3 Å². The number of benzene rings is 3. The van der Waals surface area contributed by atoms with Crippen molar-refractivity contribution in [2.24, 2.45) is 7.05 Å². The molecule has 1 amide bonds. The van der Waals surface area contributed by atoms with Crippen LogP contribution < -0.4 is 14.8 Å². The number of nitrogens with one attached hydrogen (secondary N) is 1. The van der Waals surface area contributed by atoms with Crippen molar-refractivity contribution in [3.63, 3.8) is 0 Å². The fourth-order valence-electron chi connectivity index (χ4n) is 4.18. The molecule has 8 nitrogen and oxygen atoms in total. The Balaban J connectivity index is 1.41. The molecule has 3 aromatic carbocycles. The van der Waals surface area contributed by atoms with Crippen LogP contribution in [0.3, 0.4) is 0 Å². The molecule has 8 heteroatoms. The highest BCUT2D eigenvalue weighted by Crippen LogP contribution is 2.24. The number of aryl methyl sites for hydroxylation is 1. The molecule has 2 aromatic heterocycles. The van der Waals surface area contributed by atoms with Crippen molar-refractivity contribution in [3.8, 4) is 11.5 Å². The summed E-state index contributed by atoms with van der Waals surface area (Å²) in [7, 11) is 3.54. The summed E-state index contributed by atoms with van der Waals surface area (Å²) < 4.78 is 15.0. The average molecular weight is 482 g/mol. The molecular weight excluding hydrogens is 454 g/mol. The Morgan fingerprint density at radius 1 is 0.972 bits per heavy atom. The fourth-order valence-corrected chi connectivity index (χ4v) is 4.18. The maximum absolute atomic E-state index is 13.4. The molecule has 0 saturated heterocycles. The van der Waals surface area contributed by atoms with Gasteiger partial charge in [0, 0.05) is 19.4 Å². The van der Waals surface area contributed by atoms with Gasteiger partial charge in [-0.3, -0.25) is 4.79 Å². The first-order chi connectivity index (χ1) is 17.6. The van der Waals surface area contributed by atoms with E-state index in [1.54, 1.807) is 13.3 Å². The number of methoxy groups -OCH3 is 1. The summed E-state index contributed by atoms with van der Waals surface area (Å²) in [5.74, 6) is 2.74. The second kappa shape index (κ2) is 10.4. The molecule has 1 atom stereocenters. The fraction of sp³-hybridized carbons (Fsp3) is 0.179. The number of ether oxygens (including phenoxy) is 2. The Kier molecular flexibility index (Phi) is 6.66. The molecule has 36 heavy (non-hydrogen) atoms. The molecule has 0 aliphatic rings. The van der Waals surface area contributed by atoms with Gasteiger partial charge in [0.15, 0.2) is 0 Å². The number of rotatable bonds is 9. The number of amides is 1. The van der Waals surface area contributed by atoms with E-state index in [9.17, 15) is 4.79 Å². The minimum atomic E-state index is -0.429. The van der Waals surface area contributed by atoms with E-state index in [0.717, 1.165) is 33.9 Å². The van der Waals surface area contributed by atoms with E-state index in [-0.39, 0.29) is 19.1 Å². The topological polar surface area (TPSA) is 83.2 Å². The minimum Gasteiger partial charge on any atom is -0.497 e. The normalized spacial score (nSPS) is 11.8. The van der Waals surface area contributed by atoms with Crippen molar-refractivity contribution in [2.75, 3.05) is 7.11 Å². The summed E-state index contributed by atoms with van der Waals surface area (Å²) >= 11 is 0. The molecule has 0 spiro atoms. The van der Waals surface area contributed by atoms with Crippen LogP contribution in [-0.4, -0.2) is 32.1 Å². The van der Waals surface area contributed by atoms with Crippen LogP contribution in [0, 0.1) is 0 Å². The molecule has 5 rings (SSSR count). The van der Waals surface area contributed by atoms with Gasteiger partial charge in [-0.15, -0.1) is 0 Å². The minimum absolute atomic E-state index is 0.0884. The van der Waals surface area contributed by atoms with E-state index in [0.29, 0.717) is 5.82 Å². The SMILES string of the molecule is COc1ccc(C(NC(=O)Cn2c(COc3ccccc3)nc3ccccc32)c2nccn2C)cc1. The van der Waals surface area contributed by atoms with Gasteiger partial charge in [-0.1, -0.05) is 42.5 Å². The maximum atomic E-state index is 13.4. The summed E-state index contributed by atoms with van der Waals surface area (Å²) in [6.45, 7) is 0.332. The van der Waals surface area contributed by atoms with Crippen molar-refractivity contribution < 1.29 is 14.3 Å². The number of carbonyl (C=O) groups excluding carboxylic acids is 1. The molecule has 0 saturated carbocycles. The van der Waals surface area contributed by atoms with Gasteiger partial charge in [-0.2, -0.15) is 0 Å². The highest BCUT2D eigenvalue weighted by atomic mass is 16.5. The summed E-state index contributed by atoms with van der Waals surface area (Å²) in [6.07, 6.45) is 3.58. The largest absolute Gasteiger partial charge is 0.497 e. The predicted octanol–water partition coefficient (Wildman–Crippen LogP) is 4.26. The van der Waals surface area contributed by atoms with Gasteiger partial charge < -0.3 is 23.9 Å². The summed E-state index contributed by atoms with van der Waals surface area (Å²) in [5, 5.41) is 3.17. The monoisotopic (exact) mass is 481 g/mol. The van der Waals surface area contributed by atoms with Crippen molar-refractivity contribution >= 4 is 16.9 Å². The number of para-hydroxylation sites is 3. The molecule has 5 aromatic rings. The van der Waals surface area contributed by atoms with Gasteiger partial charge in [0.1, 0.15) is 42.3 Å². The molecule has 0 aliphatic heterocycles. The smallest absolute Gasteiger partial charge is 0.240 e. The second-order valence-corrected chi connectivity index (χ2v) is 8.37. The maximum Gasteiger partial charge on any atom is 0.240 e. The third-order valence-corrected chi connectivity index (χ3v) is 6.02. The predicted molar refractivity (Wildman–Crippen MR) is 137 cm³/mol. The Labute approximate surface area is 209 Å². The van der Waals surface area contributed by atoms with Crippen LogP contribution in [0.4, 0.5) is 0 Å². The molecule has 0 bridgehead atoms. The van der Waals surface area contributed by atoms with E-state index in [1.165, 1.54) is 0 Å². The first-order valence-corrected chi connectivity index (χ1v) is 11.6. The van der Waals surface area contributed by atoms with Crippen LogP contribution >= 0.6 is 0 Å². The number of carbonyl (C=O) groups is 1. The van der Waals surface area contributed by atoms with Gasteiger partial charge in [0.05, 0.1) is 18.1 Å². The summed E-state index contributed by atoms with van der Waals surface area (Å²) in [4.78, 5) is 22.7. The highest BCUT2D eigenvalue weighted by molar-refractivity contribution is 5.81. The zero-order chi connectivity index (χ0) is 24.9. The third kappa shape index (κ3) is 4.93. The number of imidazole rings is 2. The number of fused-ring (bicyclic) bond motifs is 1. The van der Waals surface area contributed by atoms with E-state index in [1.807, 2.05) is 101 Å². The Morgan fingerprint density at radius 3 is 2.44 bits per heavy atom. The highest BCUT2D eigenvalue weighted by Gasteiger charge is 2.22. The molecule has 182 valence electrons. The van der Waals surface area contributed by atoms with Gasteiger partial charge in [0.2, 0.25) is 5.91 Å².